The first kappa shape index (κ1) is 20.5. The molecule has 2 amide bonds. The monoisotopic (exact) mass is 421 g/mol. The predicted molar refractivity (Wildman–Crippen MR) is 109 cm³/mol. The highest BCUT2D eigenvalue weighted by Crippen LogP contribution is 2.30. The van der Waals surface area contributed by atoms with E-state index in [9.17, 15) is 18.0 Å². The maximum Gasteiger partial charge on any atom is 0.253 e. The average molecular weight is 422 g/mol. The van der Waals surface area contributed by atoms with Crippen LogP contribution in [0.3, 0.4) is 0 Å². The first-order valence-electron chi connectivity index (χ1n) is 9.00. The number of anilines is 1. The number of hydrogen-bond acceptors (Lipinski definition) is 5. The molecule has 0 radical (unpaired) electrons. The Morgan fingerprint density at radius 1 is 1.18 bits per heavy atom. The minimum Gasteiger partial charge on any atom is -0.351 e. The summed E-state index contributed by atoms with van der Waals surface area (Å²) in [6.45, 7) is 3.94. The van der Waals surface area contributed by atoms with Crippen LogP contribution in [0.1, 0.15) is 30.2 Å². The normalized spacial score (nSPS) is 17.4. The number of benzene rings is 1. The van der Waals surface area contributed by atoms with E-state index in [-0.39, 0.29) is 16.0 Å². The molecule has 0 aliphatic carbocycles. The van der Waals surface area contributed by atoms with Crippen LogP contribution in [0.25, 0.3) is 0 Å². The molecule has 0 saturated carbocycles. The molecule has 1 aliphatic heterocycles. The van der Waals surface area contributed by atoms with Gasteiger partial charge in [0.05, 0.1) is 0 Å². The Morgan fingerprint density at radius 2 is 1.89 bits per heavy atom. The number of carbonyl (C=O) groups is 2. The second-order valence-corrected chi connectivity index (χ2v) is 10.1. The maximum absolute atomic E-state index is 12.9. The van der Waals surface area contributed by atoms with Gasteiger partial charge in [0.1, 0.15) is 10.3 Å². The Bertz CT molecular complexity index is 967. The summed E-state index contributed by atoms with van der Waals surface area (Å²) in [5, 5.41) is 5.51. The molecule has 7 nitrogen and oxygen atoms in total. The van der Waals surface area contributed by atoms with Gasteiger partial charge >= 0.3 is 0 Å². The van der Waals surface area contributed by atoms with Crippen molar-refractivity contribution in [3.63, 3.8) is 0 Å². The van der Waals surface area contributed by atoms with Crippen LogP contribution in [-0.2, 0) is 26.2 Å². The lowest BCUT2D eigenvalue weighted by Gasteiger charge is -2.22. The molecule has 2 heterocycles. The Labute approximate surface area is 168 Å². The van der Waals surface area contributed by atoms with E-state index in [4.69, 9.17) is 0 Å². The van der Waals surface area contributed by atoms with E-state index in [2.05, 4.69) is 10.6 Å². The molecule has 9 heteroatoms. The van der Waals surface area contributed by atoms with Crippen LogP contribution >= 0.6 is 11.3 Å². The molecule has 3 rings (SSSR count). The molecular formula is C19H23N3O4S2. The summed E-state index contributed by atoms with van der Waals surface area (Å²) in [6, 6.07) is 9.81. The van der Waals surface area contributed by atoms with Gasteiger partial charge in [-0.2, -0.15) is 4.31 Å². The quantitative estimate of drug-likeness (QED) is 0.749. The van der Waals surface area contributed by atoms with Crippen LogP contribution in [0.2, 0.25) is 0 Å². The van der Waals surface area contributed by atoms with Crippen LogP contribution in [0.5, 0.6) is 0 Å². The van der Waals surface area contributed by atoms with Crippen LogP contribution in [0.4, 0.5) is 5.69 Å². The van der Waals surface area contributed by atoms with Crippen molar-refractivity contribution >= 4 is 38.9 Å². The SMILES string of the molecule is CC(=O)Nc1ccc(CNC(=O)[C@H]2CCCN2S(=O)(=O)c2ccc(C)s2)cc1. The predicted octanol–water partition coefficient (Wildman–Crippen LogP) is 2.48. The van der Waals surface area contributed by atoms with E-state index < -0.39 is 16.1 Å². The Hall–Kier alpha value is -2.23. The third-order valence-corrected chi connectivity index (χ3v) is 7.90. The number of rotatable bonds is 6. The molecule has 1 aromatic carbocycles. The number of amides is 2. The number of aryl methyl sites for hydroxylation is 1. The zero-order valence-corrected chi connectivity index (χ0v) is 17.4. The van der Waals surface area contributed by atoms with Gasteiger partial charge < -0.3 is 10.6 Å². The molecule has 28 heavy (non-hydrogen) atoms. The van der Waals surface area contributed by atoms with E-state index in [0.717, 1.165) is 10.4 Å². The summed E-state index contributed by atoms with van der Waals surface area (Å²) in [7, 11) is -3.66. The third-order valence-electron chi connectivity index (χ3n) is 4.53. The van der Waals surface area contributed by atoms with Gasteiger partial charge in [0.2, 0.25) is 11.8 Å². The van der Waals surface area contributed by atoms with Crippen molar-refractivity contribution in [2.75, 3.05) is 11.9 Å². The highest BCUT2D eigenvalue weighted by molar-refractivity contribution is 7.91. The molecule has 1 aliphatic rings. The fourth-order valence-electron chi connectivity index (χ4n) is 3.17. The smallest absolute Gasteiger partial charge is 0.253 e. The lowest BCUT2D eigenvalue weighted by atomic mass is 10.2. The van der Waals surface area contributed by atoms with Crippen molar-refractivity contribution < 1.29 is 18.0 Å². The minimum atomic E-state index is -3.66. The van der Waals surface area contributed by atoms with Crippen LogP contribution < -0.4 is 10.6 Å². The Kier molecular flexibility index (Phi) is 6.17. The van der Waals surface area contributed by atoms with Crippen molar-refractivity contribution in [1.29, 1.82) is 0 Å². The standard InChI is InChI=1S/C19H23N3O4S2/c1-13-5-10-18(27-13)28(25,26)22-11-3-4-17(22)19(24)20-12-15-6-8-16(9-7-15)21-14(2)23/h5-10,17H,3-4,11-12H2,1-2H3,(H,20,24)(H,21,23)/t17-/m1/s1. The number of nitrogens with one attached hydrogen (secondary N) is 2. The van der Waals surface area contributed by atoms with Crippen LogP contribution in [-0.4, -0.2) is 37.1 Å². The van der Waals surface area contributed by atoms with E-state index in [1.165, 1.54) is 22.6 Å². The zero-order valence-electron chi connectivity index (χ0n) is 15.8. The van der Waals surface area contributed by atoms with E-state index >= 15 is 0 Å². The van der Waals surface area contributed by atoms with Crippen molar-refractivity contribution in [2.24, 2.45) is 0 Å². The summed E-state index contributed by atoms with van der Waals surface area (Å²) >= 11 is 1.22. The highest BCUT2D eigenvalue weighted by Gasteiger charge is 2.39. The molecule has 0 spiro atoms. The third kappa shape index (κ3) is 4.60. The molecule has 2 N–H and O–H groups in total. The molecule has 0 bridgehead atoms. The number of hydrogen-bond donors (Lipinski definition) is 2. The summed E-state index contributed by atoms with van der Waals surface area (Å²) in [5.41, 5.74) is 1.55. The fourth-order valence-corrected chi connectivity index (χ4v) is 6.24. The lowest BCUT2D eigenvalue weighted by Crippen LogP contribution is -2.45. The minimum absolute atomic E-state index is 0.149. The van der Waals surface area contributed by atoms with Crippen molar-refractivity contribution in [3.05, 3.63) is 46.8 Å². The highest BCUT2D eigenvalue weighted by atomic mass is 32.2. The number of nitrogens with zero attached hydrogens (tertiary/aromatic N) is 1. The van der Waals surface area contributed by atoms with Crippen molar-refractivity contribution in [1.82, 2.24) is 9.62 Å². The number of sulfonamides is 1. The maximum atomic E-state index is 12.9. The summed E-state index contributed by atoms with van der Waals surface area (Å²) in [5.74, 6) is -0.440. The van der Waals surface area contributed by atoms with Gasteiger partial charge in [-0.05, 0) is 49.6 Å². The first-order chi connectivity index (χ1) is 13.3. The van der Waals surface area contributed by atoms with Crippen LogP contribution in [0, 0.1) is 6.92 Å². The van der Waals surface area contributed by atoms with Gasteiger partial charge in [-0.3, -0.25) is 9.59 Å². The number of thiophene rings is 1. The van der Waals surface area contributed by atoms with E-state index in [0.29, 0.717) is 31.6 Å². The van der Waals surface area contributed by atoms with Crippen molar-refractivity contribution in [3.8, 4) is 0 Å². The molecular weight excluding hydrogens is 398 g/mol. The van der Waals surface area contributed by atoms with Crippen LogP contribution in [0.15, 0.2) is 40.6 Å². The van der Waals surface area contributed by atoms with Gasteiger partial charge in [0, 0.05) is 30.6 Å². The molecule has 1 saturated heterocycles. The van der Waals surface area contributed by atoms with Gasteiger partial charge in [-0.1, -0.05) is 12.1 Å². The van der Waals surface area contributed by atoms with Gasteiger partial charge in [-0.25, -0.2) is 8.42 Å². The van der Waals surface area contributed by atoms with Crippen molar-refractivity contribution in [2.45, 2.75) is 43.5 Å². The number of carbonyl (C=O) groups excluding carboxylic acids is 2. The second kappa shape index (κ2) is 8.42. The van der Waals surface area contributed by atoms with E-state index in [1.807, 2.05) is 19.1 Å². The van der Waals surface area contributed by atoms with E-state index in [1.54, 1.807) is 24.3 Å². The molecule has 1 aromatic heterocycles. The summed E-state index contributed by atoms with van der Waals surface area (Å²) < 4.78 is 27.4. The van der Waals surface area contributed by atoms with Gasteiger partial charge in [-0.15, -0.1) is 11.3 Å². The lowest BCUT2D eigenvalue weighted by molar-refractivity contribution is -0.124. The zero-order chi connectivity index (χ0) is 20.3. The molecule has 150 valence electrons. The molecule has 1 atom stereocenters. The largest absolute Gasteiger partial charge is 0.351 e. The van der Waals surface area contributed by atoms with Gasteiger partial charge in [0.25, 0.3) is 10.0 Å². The topological polar surface area (TPSA) is 95.6 Å². The molecule has 2 aromatic rings. The Balaban J connectivity index is 1.64. The first-order valence-corrected chi connectivity index (χ1v) is 11.3. The Morgan fingerprint density at radius 3 is 2.50 bits per heavy atom. The second-order valence-electron chi connectivity index (χ2n) is 6.73. The summed E-state index contributed by atoms with van der Waals surface area (Å²) in [6.07, 6.45) is 1.17. The average Bonchev–Trinajstić information content (AvgIpc) is 3.30. The fraction of sp³-hybridized carbons (Fsp3) is 0.368. The molecule has 1 fully saturated rings. The van der Waals surface area contributed by atoms with Gasteiger partial charge in [0.15, 0.2) is 0 Å². The summed E-state index contributed by atoms with van der Waals surface area (Å²) in [4.78, 5) is 24.6. The molecule has 0 unspecified atom stereocenters.